The summed E-state index contributed by atoms with van der Waals surface area (Å²) in [7, 11) is 0. The third-order valence-electron chi connectivity index (χ3n) is 3.66. The molecule has 0 atom stereocenters. The molecule has 1 aromatic carbocycles. The summed E-state index contributed by atoms with van der Waals surface area (Å²) in [6.07, 6.45) is 4.30. The van der Waals surface area contributed by atoms with E-state index in [1.54, 1.807) is 0 Å². The van der Waals surface area contributed by atoms with Crippen molar-refractivity contribution in [3.63, 3.8) is 0 Å². The lowest BCUT2D eigenvalue weighted by Gasteiger charge is -2.05. The molecule has 1 aliphatic rings. The largest absolute Gasteiger partial charge is 0.364 e. The highest BCUT2D eigenvalue weighted by Crippen LogP contribution is 2.38. The molecule has 0 unspecified atom stereocenters. The fraction of sp³-hybridized carbons (Fsp3) is 0.250. The molecule has 4 nitrogen and oxygen atoms in total. The van der Waals surface area contributed by atoms with Crippen LogP contribution in [0.3, 0.4) is 0 Å². The summed E-state index contributed by atoms with van der Waals surface area (Å²) < 4.78 is 0. The van der Waals surface area contributed by atoms with Crippen LogP contribution in [0.5, 0.6) is 0 Å². The first-order valence-electron chi connectivity index (χ1n) is 7.02. The summed E-state index contributed by atoms with van der Waals surface area (Å²) in [6, 6.07) is 12.4. The fourth-order valence-corrected chi connectivity index (χ4v) is 2.42. The molecule has 0 radical (unpaired) electrons. The van der Waals surface area contributed by atoms with Crippen LogP contribution in [0.15, 0.2) is 42.6 Å². The number of hydrogen-bond acceptors (Lipinski definition) is 3. The predicted molar refractivity (Wildman–Crippen MR) is 79.6 cm³/mol. The van der Waals surface area contributed by atoms with Gasteiger partial charge >= 0.3 is 0 Å². The van der Waals surface area contributed by atoms with Crippen molar-refractivity contribution in [3.8, 4) is 0 Å². The number of hydrogen-bond donors (Lipinski definition) is 2. The standard InChI is InChI=1S/C16H16N4/c1-2-4-14-12(3-1)9-13(19-14)10-18-15-7-8-17-16(20-15)11-5-6-11/h1-4,7-9,11,19H,5-6,10H2,(H,17,18,20). The quantitative estimate of drug-likeness (QED) is 0.759. The van der Waals surface area contributed by atoms with Crippen molar-refractivity contribution in [2.75, 3.05) is 5.32 Å². The van der Waals surface area contributed by atoms with Crippen LogP contribution in [0.1, 0.15) is 30.3 Å². The van der Waals surface area contributed by atoms with Crippen LogP contribution in [0.25, 0.3) is 10.9 Å². The van der Waals surface area contributed by atoms with Gasteiger partial charge in [-0.3, -0.25) is 0 Å². The van der Waals surface area contributed by atoms with Crippen molar-refractivity contribution in [1.82, 2.24) is 15.0 Å². The summed E-state index contributed by atoms with van der Waals surface area (Å²) in [5, 5.41) is 4.60. The highest BCUT2D eigenvalue weighted by atomic mass is 15.0. The van der Waals surface area contributed by atoms with E-state index < -0.39 is 0 Å². The van der Waals surface area contributed by atoms with Gasteiger partial charge in [-0.05, 0) is 36.4 Å². The van der Waals surface area contributed by atoms with Crippen molar-refractivity contribution in [3.05, 3.63) is 54.1 Å². The summed E-state index contributed by atoms with van der Waals surface area (Å²) >= 11 is 0. The maximum absolute atomic E-state index is 4.57. The lowest BCUT2D eigenvalue weighted by molar-refractivity contribution is 0.918. The van der Waals surface area contributed by atoms with E-state index in [0.29, 0.717) is 5.92 Å². The summed E-state index contributed by atoms with van der Waals surface area (Å²) in [4.78, 5) is 12.3. The monoisotopic (exact) mass is 264 g/mol. The molecule has 0 aliphatic heterocycles. The minimum Gasteiger partial charge on any atom is -0.364 e. The first kappa shape index (κ1) is 11.5. The zero-order valence-electron chi connectivity index (χ0n) is 11.1. The van der Waals surface area contributed by atoms with Crippen LogP contribution in [-0.4, -0.2) is 15.0 Å². The number of aromatic amines is 1. The van der Waals surface area contributed by atoms with E-state index in [2.05, 4.69) is 44.5 Å². The second-order valence-electron chi connectivity index (χ2n) is 5.31. The molecule has 4 heteroatoms. The van der Waals surface area contributed by atoms with Crippen LogP contribution in [0, 0.1) is 0 Å². The van der Waals surface area contributed by atoms with Crippen molar-refractivity contribution in [2.45, 2.75) is 25.3 Å². The molecule has 2 N–H and O–H groups in total. The van der Waals surface area contributed by atoms with Gasteiger partial charge in [0.15, 0.2) is 0 Å². The average Bonchev–Trinajstić information content (AvgIpc) is 3.25. The molecule has 0 spiro atoms. The van der Waals surface area contributed by atoms with E-state index in [-0.39, 0.29) is 0 Å². The van der Waals surface area contributed by atoms with Crippen molar-refractivity contribution in [2.24, 2.45) is 0 Å². The van der Waals surface area contributed by atoms with Gasteiger partial charge in [0, 0.05) is 23.3 Å². The number of benzene rings is 1. The van der Waals surface area contributed by atoms with Gasteiger partial charge in [0.25, 0.3) is 0 Å². The molecule has 3 aromatic rings. The van der Waals surface area contributed by atoms with E-state index in [1.807, 2.05) is 18.3 Å². The molecule has 2 heterocycles. The maximum atomic E-state index is 4.57. The van der Waals surface area contributed by atoms with E-state index >= 15 is 0 Å². The number of rotatable bonds is 4. The Hall–Kier alpha value is -2.36. The Bertz CT molecular complexity index is 710. The number of nitrogens with one attached hydrogen (secondary N) is 2. The summed E-state index contributed by atoms with van der Waals surface area (Å²) in [5.74, 6) is 2.47. The first-order valence-corrected chi connectivity index (χ1v) is 7.02. The van der Waals surface area contributed by atoms with Gasteiger partial charge in [0.1, 0.15) is 11.6 Å². The van der Waals surface area contributed by atoms with Crippen LogP contribution < -0.4 is 5.32 Å². The average molecular weight is 264 g/mol. The maximum Gasteiger partial charge on any atom is 0.133 e. The second-order valence-corrected chi connectivity index (χ2v) is 5.31. The van der Waals surface area contributed by atoms with Gasteiger partial charge in [-0.2, -0.15) is 0 Å². The third kappa shape index (κ3) is 2.25. The predicted octanol–water partition coefficient (Wildman–Crippen LogP) is 3.45. The topological polar surface area (TPSA) is 53.6 Å². The molecule has 20 heavy (non-hydrogen) atoms. The van der Waals surface area contributed by atoms with Crippen molar-refractivity contribution >= 4 is 16.7 Å². The highest BCUT2D eigenvalue weighted by molar-refractivity contribution is 5.80. The van der Waals surface area contributed by atoms with Gasteiger partial charge in [0.05, 0.1) is 6.54 Å². The van der Waals surface area contributed by atoms with Crippen LogP contribution >= 0.6 is 0 Å². The molecule has 0 saturated heterocycles. The molecule has 0 bridgehead atoms. The third-order valence-corrected chi connectivity index (χ3v) is 3.66. The molecule has 1 saturated carbocycles. The zero-order chi connectivity index (χ0) is 13.4. The highest BCUT2D eigenvalue weighted by Gasteiger charge is 2.26. The molecule has 0 amide bonds. The number of fused-ring (bicyclic) bond motifs is 1. The minimum absolute atomic E-state index is 0.588. The minimum atomic E-state index is 0.588. The number of aromatic nitrogens is 3. The van der Waals surface area contributed by atoms with E-state index in [1.165, 1.54) is 23.7 Å². The van der Waals surface area contributed by atoms with E-state index in [4.69, 9.17) is 0 Å². The normalized spacial score (nSPS) is 14.6. The first-order chi connectivity index (χ1) is 9.88. The molecular formula is C16H16N4. The lowest BCUT2D eigenvalue weighted by Crippen LogP contribution is -2.03. The Morgan fingerprint density at radius 2 is 2.10 bits per heavy atom. The Kier molecular flexibility index (Phi) is 2.66. The lowest BCUT2D eigenvalue weighted by atomic mass is 10.2. The van der Waals surface area contributed by atoms with Gasteiger partial charge in [-0.25, -0.2) is 9.97 Å². The Labute approximate surface area is 117 Å². The van der Waals surface area contributed by atoms with Crippen molar-refractivity contribution < 1.29 is 0 Å². The van der Waals surface area contributed by atoms with Gasteiger partial charge in [-0.1, -0.05) is 18.2 Å². The number of anilines is 1. The Balaban J connectivity index is 1.50. The Morgan fingerprint density at radius 1 is 1.20 bits per heavy atom. The van der Waals surface area contributed by atoms with Crippen LogP contribution in [0.2, 0.25) is 0 Å². The van der Waals surface area contributed by atoms with Gasteiger partial charge < -0.3 is 10.3 Å². The van der Waals surface area contributed by atoms with Crippen LogP contribution in [-0.2, 0) is 6.54 Å². The fourth-order valence-electron chi connectivity index (χ4n) is 2.42. The summed E-state index contributed by atoms with van der Waals surface area (Å²) in [5.41, 5.74) is 2.34. The molecule has 100 valence electrons. The van der Waals surface area contributed by atoms with Crippen molar-refractivity contribution in [1.29, 1.82) is 0 Å². The van der Waals surface area contributed by atoms with E-state index in [9.17, 15) is 0 Å². The summed E-state index contributed by atoms with van der Waals surface area (Å²) in [6.45, 7) is 0.746. The molecule has 2 aromatic heterocycles. The number of nitrogens with zero attached hydrogens (tertiary/aromatic N) is 2. The molecule has 1 aliphatic carbocycles. The van der Waals surface area contributed by atoms with Gasteiger partial charge in [-0.15, -0.1) is 0 Å². The smallest absolute Gasteiger partial charge is 0.133 e. The zero-order valence-corrected chi connectivity index (χ0v) is 11.1. The second kappa shape index (κ2) is 4.63. The van der Waals surface area contributed by atoms with E-state index in [0.717, 1.165) is 23.9 Å². The molecular weight excluding hydrogens is 248 g/mol. The van der Waals surface area contributed by atoms with Gasteiger partial charge in [0.2, 0.25) is 0 Å². The number of H-pyrrole nitrogens is 1. The molecule has 1 fully saturated rings. The Morgan fingerprint density at radius 3 is 2.95 bits per heavy atom. The number of para-hydroxylation sites is 1. The molecule has 4 rings (SSSR count). The SMILES string of the molecule is c1ccc2[nH]c(CNc3ccnc(C4CC4)n3)cc2c1. The van der Waals surface area contributed by atoms with Crippen LogP contribution in [0.4, 0.5) is 5.82 Å².